The van der Waals surface area contributed by atoms with E-state index in [0.29, 0.717) is 0 Å². The first-order valence-corrected chi connectivity index (χ1v) is 4.54. The van der Waals surface area contributed by atoms with Crippen LogP contribution in [0.5, 0.6) is 0 Å². The minimum absolute atomic E-state index is 0.0669. The zero-order chi connectivity index (χ0) is 11.3. The Labute approximate surface area is 87.3 Å². The fourth-order valence-electron chi connectivity index (χ4n) is 1.35. The molecule has 1 heterocycles. The van der Waals surface area contributed by atoms with Crippen molar-refractivity contribution in [1.29, 1.82) is 0 Å². The fraction of sp³-hybridized carbons (Fsp3) is 0.400. The fourth-order valence-corrected chi connectivity index (χ4v) is 1.35. The molecule has 1 N–H and O–H groups in total. The molecule has 0 fully saturated rings. The molecule has 0 saturated heterocycles. The van der Waals surface area contributed by atoms with Crippen LogP contribution >= 0.6 is 0 Å². The van der Waals surface area contributed by atoms with Crippen molar-refractivity contribution in [3.05, 3.63) is 24.5 Å². The van der Waals surface area contributed by atoms with Gasteiger partial charge in [0.1, 0.15) is 0 Å². The summed E-state index contributed by atoms with van der Waals surface area (Å²) in [5.74, 6) is -1.34. The smallest absolute Gasteiger partial charge is 0.307 e. The topological polar surface area (TPSA) is 68.5 Å². The second-order valence-corrected chi connectivity index (χ2v) is 3.16. The van der Waals surface area contributed by atoms with Gasteiger partial charge in [0.25, 0.3) is 0 Å². The Morgan fingerprint density at radius 2 is 1.93 bits per heavy atom. The van der Waals surface area contributed by atoms with E-state index in [1.807, 2.05) is 0 Å². The van der Waals surface area contributed by atoms with Crippen molar-refractivity contribution in [1.82, 2.24) is 4.57 Å². The van der Waals surface area contributed by atoms with Crippen LogP contribution in [0, 0.1) is 0 Å². The summed E-state index contributed by atoms with van der Waals surface area (Å²) in [6.07, 6.45) is 3.44. The van der Waals surface area contributed by atoms with Crippen molar-refractivity contribution in [2.75, 3.05) is 7.11 Å². The SMILES string of the molecule is COC(=O)CC(CC(=O)O)n1cccc1. The molecule has 0 bridgehead atoms. The number of carbonyl (C=O) groups is 2. The van der Waals surface area contributed by atoms with Crippen LogP contribution in [0.4, 0.5) is 0 Å². The number of methoxy groups -OCH3 is 1. The average molecular weight is 211 g/mol. The van der Waals surface area contributed by atoms with Crippen molar-refractivity contribution in [2.45, 2.75) is 18.9 Å². The van der Waals surface area contributed by atoms with Crippen molar-refractivity contribution >= 4 is 11.9 Å². The van der Waals surface area contributed by atoms with E-state index in [-0.39, 0.29) is 18.9 Å². The summed E-state index contributed by atoms with van der Waals surface area (Å²) in [5.41, 5.74) is 0. The van der Waals surface area contributed by atoms with E-state index < -0.39 is 11.9 Å². The first-order valence-electron chi connectivity index (χ1n) is 4.54. The van der Waals surface area contributed by atoms with Crippen LogP contribution in [0.15, 0.2) is 24.5 Å². The van der Waals surface area contributed by atoms with E-state index in [0.717, 1.165) is 0 Å². The average Bonchev–Trinajstić information content (AvgIpc) is 2.68. The van der Waals surface area contributed by atoms with Gasteiger partial charge in [0.15, 0.2) is 0 Å². The third kappa shape index (κ3) is 3.46. The molecule has 1 aromatic heterocycles. The molecule has 5 nitrogen and oxygen atoms in total. The van der Waals surface area contributed by atoms with E-state index in [1.165, 1.54) is 7.11 Å². The molecule has 0 radical (unpaired) electrons. The third-order valence-electron chi connectivity index (χ3n) is 2.09. The lowest BCUT2D eigenvalue weighted by atomic mass is 10.1. The van der Waals surface area contributed by atoms with Crippen molar-refractivity contribution in [2.24, 2.45) is 0 Å². The van der Waals surface area contributed by atoms with Gasteiger partial charge in [-0.15, -0.1) is 0 Å². The van der Waals surface area contributed by atoms with E-state index in [9.17, 15) is 9.59 Å². The molecule has 1 aromatic rings. The molecule has 15 heavy (non-hydrogen) atoms. The summed E-state index contributed by atoms with van der Waals surface area (Å²) in [4.78, 5) is 21.7. The Morgan fingerprint density at radius 3 is 2.40 bits per heavy atom. The molecule has 82 valence electrons. The molecular formula is C10H13NO4. The standard InChI is InChI=1S/C10H13NO4/c1-15-10(14)7-8(6-9(12)13)11-4-2-3-5-11/h2-5,8H,6-7H2,1H3,(H,12,13). The second-order valence-electron chi connectivity index (χ2n) is 3.16. The monoisotopic (exact) mass is 211 g/mol. The Balaban J connectivity index is 2.70. The van der Waals surface area contributed by atoms with Gasteiger partial charge in [-0.2, -0.15) is 0 Å². The maximum absolute atomic E-state index is 11.1. The Kier molecular flexibility index (Phi) is 3.91. The maximum Gasteiger partial charge on any atom is 0.307 e. The van der Waals surface area contributed by atoms with Crippen molar-refractivity contribution in [3.8, 4) is 0 Å². The number of nitrogens with zero attached hydrogens (tertiary/aromatic N) is 1. The first-order chi connectivity index (χ1) is 7.13. The second kappa shape index (κ2) is 5.19. The van der Waals surface area contributed by atoms with Crippen LogP contribution in [0.1, 0.15) is 18.9 Å². The van der Waals surface area contributed by atoms with Gasteiger partial charge in [-0.05, 0) is 12.1 Å². The highest BCUT2D eigenvalue weighted by atomic mass is 16.5. The Bertz CT molecular complexity index is 331. The van der Waals surface area contributed by atoms with Gasteiger partial charge in [-0.3, -0.25) is 9.59 Å². The summed E-state index contributed by atoms with van der Waals surface area (Å²) in [6.45, 7) is 0. The van der Waals surface area contributed by atoms with Crippen molar-refractivity contribution < 1.29 is 19.4 Å². The summed E-state index contributed by atoms with van der Waals surface area (Å²) >= 11 is 0. The number of aliphatic carboxylic acids is 1. The van der Waals surface area contributed by atoms with Gasteiger partial charge >= 0.3 is 11.9 Å². The number of carboxylic acids is 1. The maximum atomic E-state index is 11.1. The lowest BCUT2D eigenvalue weighted by molar-refractivity contribution is -0.142. The first kappa shape index (κ1) is 11.3. The highest BCUT2D eigenvalue weighted by molar-refractivity contribution is 5.72. The molecule has 0 amide bonds. The van der Waals surface area contributed by atoms with Gasteiger partial charge in [0.05, 0.1) is 26.0 Å². The molecule has 0 aliphatic carbocycles. The predicted molar refractivity (Wildman–Crippen MR) is 52.4 cm³/mol. The molecular weight excluding hydrogens is 198 g/mol. The van der Waals surface area contributed by atoms with Crippen LogP contribution < -0.4 is 0 Å². The number of hydrogen-bond donors (Lipinski definition) is 1. The zero-order valence-corrected chi connectivity index (χ0v) is 8.42. The molecule has 1 unspecified atom stereocenters. The van der Waals surface area contributed by atoms with Crippen LogP contribution in [0.3, 0.4) is 0 Å². The summed E-state index contributed by atoms with van der Waals surface area (Å²) in [7, 11) is 1.29. The Morgan fingerprint density at radius 1 is 1.33 bits per heavy atom. The number of aromatic nitrogens is 1. The number of carboxylic acid groups (broad SMARTS) is 1. The van der Waals surface area contributed by atoms with E-state index in [4.69, 9.17) is 5.11 Å². The molecule has 0 aliphatic rings. The number of carbonyl (C=O) groups excluding carboxylic acids is 1. The van der Waals surface area contributed by atoms with Gasteiger partial charge in [-0.25, -0.2) is 0 Å². The van der Waals surface area contributed by atoms with E-state index >= 15 is 0 Å². The number of rotatable bonds is 5. The normalized spacial score (nSPS) is 12.1. The summed E-state index contributed by atoms with van der Waals surface area (Å²) in [6, 6.07) is 3.18. The highest BCUT2D eigenvalue weighted by Gasteiger charge is 2.18. The van der Waals surface area contributed by atoms with Gasteiger partial charge in [0, 0.05) is 12.4 Å². The molecule has 1 rings (SSSR count). The molecule has 0 aromatic carbocycles. The highest BCUT2D eigenvalue weighted by Crippen LogP contribution is 2.16. The Hall–Kier alpha value is -1.78. The summed E-state index contributed by atoms with van der Waals surface area (Å²) in [5, 5.41) is 8.70. The van der Waals surface area contributed by atoms with Gasteiger partial charge < -0.3 is 14.4 Å². The molecule has 5 heteroatoms. The summed E-state index contributed by atoms with van der Waals surface area (Å²) < 4.78 is 6.21. The van der Waals surface area contributed by atoms with Crippen molar-refractivity contribution in [3.63, 3.8) is 0 Å². The number of esters is 1. The van der Waals surface area contributed by atoms with Gasteiger partial charge in [0.2, 0.25) is 0 Å². The van der Waals surface area contributed by atoms with Crippen LogP contribution in [0.25, 0.3) is 0 Å². The van der Waals surface area contributed by atoms with Crippen LogP contribution in [-0.4, -0.2) is 28.7 Å². The lowest BCUT2D eigenvalue weighted by Crippen LogP contribution is -2.17. The van der Waals surface area contributed by atoms with Crippen LogP contribution in [-0.2, 0) is 14.3 Å². The van der Waals surface area contributed by atoms with E-state index in [1.54, 1.807) is 29.1 Å². The minimum Gasteiger partial charge on any atom is -0.481 e. The predicted octanol–water partition coefficient (Wildman–Crippen LogP) is 1.07. The molecule has 0 saturated carbocycles. The van der Waals surface area contributed by atoms with E-state index in [2.05, 4.69) is 4.74 Å². The third-order valence-corrected chi connectivity index (χ3v) is 2.09. The molecule has 0 aliphatic heterocycles. The minimum atomic E-state index is -0.933. The largest absolute Gasteiger partial charge is 0.481 e. The van der Waals surface area contributed by atoms with Crippen LogP contribution in [0.2, 0.25) is 0 Å². The molecule has 1 atom stereocenters. The lowest BCUT2D eigenvalue weighted by Gasteiger charge is -2.15. The number of ether oxygens (including phenoxy) is 1. The quantitative estimate of drug-likeness (QED) is 0.739. The van der Waals surface area contributed by atoms with Gasteiger partial charge in [-0.1, -0.05) is 0 Å². The molecule has 0 spiro atoms. The zero-order valence-electron chi connectivity index (χ0n) is 8.42. The number of hydrogen-bond acceptors (Lipinski definition) is 3.